The van der Waals surface area contributed by atoms with Crippen LogP contribution < -0.4 is 0 Å². The first-order chi connectivity index (χ1) is 22.3. The van der Waals surface area contributed by atoms with E-state index in [9.17, 15) is 15.0 Å². The molecule has 5 saturated carbocycles. The van der Waals surface area contributed by atoms with Gasteiger partial charge in [0.15, 0.2) is 18.2 Å². The van der Waals surface area contributed by atoms with Gasteiger partial charge < -0.3 is 24.4 Å². The minimum atomic E-state index is -0.806. The van der Waals surface area contributed by atoms with Crippen LogP contribution in [0.3, 0.4) is 0 Å². The van der Waals surface area contributed by atoms with E-state index in [1.807, 2.05) is 6.92 Å². The van der Waals surface area contributed by atoms with E-state index in [1.165, 1.54) is 32.1 Å². The Bertz CT molecular complexity index is 1210. The Kier molecular flexibility index (Phi) is 8.26. The third-order valence-electron chi connectivity index (χ3n) is 16.6. The van der Waals surface area contributed by atoms with Crippen LogP contribution in [0, 0.1) is 70.0 Å². The van der Waals surface area contributed by atoms with Crippen LogP contribution in [-0.2, 0) is 28.8 Å². The van der Waals surface area contributed by atoms with Crippen LogP contribution in [0.25, 0.3) is 0 Å². The molecule has 2 N–H and O–H groups in total. The van der Waals surface area contributed by atoms with Gasteiger partial charge in [0, 0.05) is 24.7 Å². The molecule has 18 atom stereocenters. The van der Waals surface area contributed by atoms with E-state index in [4.69, 9.17) is 24.0 Å². The molecule has 0 aromatic heterocycles. The van der Waals surface area contributed by atoms with Crippen molar-refractivity contribution in [2.75, 3.05) is 0 Å². The number of ether oxygens (including phenoxy) is 3. The summed E-state index contributed by atoms with van der Waals surface area (Å²) in [5, 5.41) is 20.5. The Morgan fingerprint density at radius 2 is 1.57 bits per heavy atom. The Morgan fingerprint density at radius 1 is 0.851 bits per heavy atom. The lowest BCUT2D eigenvalue weighted by Crippen LogP contribution is -2.71. The molecule has 0 aromatic carbocycles. The lowest BCUT2D eigenvalue weighted by molar-refractivity contribution is -0.578. The highest BCUT2D eigenvalue weighted by Crippen LogP contribution is 2.69. The molecule has 9 aliphatic rings. The van der Waals surface area contributed by atoms with E-state index in [-0.39, 0.29) is 47.6 Å². The van der Waals surface area contributed by atoms with Gasteiger partial charge in [-0.1, -0.05) is 34.6 Å². The number of rotatable bonds is 6. The van der Waals surface area contributed by atoms with Crippen molar-refractivity contribution in [2.24, 2.45) is 70.0 Å². The summed E-state index contributed by atoms with van der Waals surface area (Å²) >= 11 is 0. The van der Waals surface area contributed by atoms with E-state index in [0.717, 1.165) is 51.4 Å². The number of aliphatic hydroxyl groups excluding tert-OH is 1. The van der Waals surface area contributed by atoms with Gasteiger partial charge in [-0.25, -0.2) is 9.78 Å². The highest BCUT2D eigenvalue weighted by Gasteiger charge is 2.70. The van der Waals surface area contributed by atoms with Crippen molar-refractivity contribution in [1.29, 1.82) is 0 Å². The molecule has 9 unspecified atom stereocenters. The summed E-state index contributed by atoms with van der Waals surface area (Å²) in [5.41, 5.74) is -0.217. The van der Waals surface area contributed by atoms with Gasteiger partial charge in [0.05, 0.1) is 12.2 Å². The number of hydrogen-bond donors (Lipinski definition) is 2. The predicted molar refractivity (Wildman–Crippen MR) is 174 cm³/mol. The number of hydrogen-bond acceptors (Lipinski definition) is 7. The summed E-state index contributed by atoms with van der Waals surface area (Å²) in [4.78, 5) is 23.9. The van der Waals surface area contributed by atoms with Gasteiger partial charge in [0.1, 0.15) is 0 Å². The second-order valence-electron chi connectivity index (χ2n) is 18.7. The fourth-order valence-corrected chi connectivity index (χ4v) is 14.1. The van der Waals surface area contributed by atoms with Crippen LogP contribution in [0.5, 0.6) is 0 Å². The number of carboxylic acid groups (broad SMARTS) is 1. The Balaban J connectivity index is 1.08. The van der Waals surface area contributed by atoms with Gasteiger partial charge in [-0.05, 0) is 142 Å². The zero-order valence-corrected chi connectivity index (χ0v) is 29.8. The molecule has 0 aromatic rings. The molecule has 5 aliphatic carbocycles. The Morgan fingerprint density at radius 3 is 2.36 bits per heavy atom. The second-order valence-corrected chi connectivity index (χ2v) is 18.7. The Hall–Kier alpha value is -0.770. The monoisotopic (exact) mass is 658 g/mol. The molecule has 4 aliphatic heterocycles. The first-order valence-corrected chi connectivity index (χ1v) is 19.5. The molecular formula is C39H62O8. The van der Waals surface area contributed by atoms with Crippen LogP contribution in [-0.4, -0.2) is 52.4 Å². The van der Waals surface area contributed by atoms with Gasteiger partial charge in [0.25, 0.3) is 0 Å². The van der Waals surface area contributed by atoms with Gasteiger partial charge in [-0.15, -0.1) is 0 Å². The third kappa shape index (κ3) is 4.98. The normalized spacial score (nSPS) is 57.2. The van der Waals surface area contributed by atoms with Crippen molar-refractivity contribution in [2.45, 2.75) is 168 Å². The molecule has 4 saturated heterocycles. The number of carbonyl (C=O) groups is 1. The molecule has 47 heavy (non-hydrogen) atoms. The molecule has 1 spiro atoms. The highest BCUT2D eigenvalue weighted by molar-refractivity contribution is 5.66. The lowest BCUT2D eigenvalue weighted by atomic mass is 9.43. The average molecular weight is 659 g/mol. The van der Waals surface area contributed by atoms with E-state index >= 15 is 0 Å². The molecule has 9 rings (SSSR count). The molecule has 8 nitrogen and oxygen atoms in total. The zero-order chi connectivity index (χ0) is 33.1. The first kappa shape index (κ1) is 33.4. The largest absolute Gasteiger partial charge is 0.481 e. The van der Waals surface area contributed by atoms with Gasteiger partial charge in [-0.2, -0.15) is 0 Å². The van der Waals surface area contributed by atoms with Crippen LogP contribution >= 0.6 is 0 Å². The highest BCUT2D eigenvalue weighted by atomic mass is 17.3. The minimum Gasteiger partial charge on any atom is -0.481 e. The van der Waals surface area contributed by atoms with Gasteiger partial charge in [0.2, 0.25) is 5.79 Å². The molecule has 8 heteroatoms. The topological polar surface area (TPSA) is 104 Å². The van der Waals surface area contributed by atoms with Crippen LogP contribution in [0.4, 0.5) is 0 Å². The summed E-state index contributed by atoms with van der Waals surface area (Å²) in [6, 6.07) is 0. The second kappa shape index (κ2) is 11.6. The van der Waals surface area contributed by atoms with Crippen molar-refractivity contribution in [3.63, 3.8) is 0 Å². The maximum absolute atomic E-state index is 11.4. The van der Waals surface area contributed by atoms with Crippen LogP contribution in [0.1, 0.15) is 131 Å². The first-order valence-electron chi connectivity index (χ1n) is 19.5. The SMILES string of the molecule is C[C@H]1C(O[C@H]2CC3C(CC[C@@]4(C)C3CC[C@@H]4[C@H](C)CCC(=O)O)[C@@]3(C)CC[C@@H](O)CC23)OC2OC3(C)CCC4[C@H](C)CCC1[C@@]24OO3. The van der Waals surface area contributed by atoms with Crippen molar-refractivity contribution >= 4 is 5.97 Å². The summed E-state index contributed by atoms with van der Waals surface area (Å²) in [6.07, 6.45) is 12.7. The van der Waals surface area contributed by atoms with Crippen molar-refractivity contribution in [1.82, 2.24) is 0 Å². The smallest absolute Gasteiger partial charge is 0.303 e. The average Bonchev–Trinajstić information content (AvgIpc) is 3.22. The maximum atomic E-state index is 11.4. The van der Waals surface area contributed by atoms with E-state index in [1.54, 1.807) is 0 Å². The summed E-state index contributed by atoms with van der Waals surface area (Å²) in [5.74, 6) is 2.91. The van der Waals surface area contributed by atoms with Gasteiger partial charge >= 0.3 is 5.97 Å². The number of fused-ring (bicyclic) bond motifs is 7. The molecule has 2 bridgehead atoms. The van der Waals surface area contributed by atoms with Crippen molar-refractivity contribution in [3.05, 3.63) is 0 Å². The molecular weight excluding hydrogens is 596 g/mol. The van der Waals surface area contributed by atoms with Crippen LogP contribution in [0.15, 0.2) is 0 Å². The molecule has 9 fully saturated rings. The van der Waals surface area contributed by atoms with E-state index < -0.39 is 23.6 Å². The van der Waals surface area contributed by atoms with Crippen molar-refractivity contribution < 1.29 is 39.0 Å². The minimum absolute atomic E-state index is 0.0255. The quantitative estimate of drug-likeness (QED) is 0.221. The summed E-state index contributed by atoms with van der Waals surface area (Å²) in [7, 11) is 0. The summed E-state index contributed by atoms with van der Waals surface area (Å²) < 4.78 is 21.0. The zero-order valence-electron chi connectivity index (χ0n) is 29.8. The third-order valence-corrected chi connectivity index (χ3v) is 16.6. The fourth-order valence-electron chi connectivity index (χ4n) is 14.1. The van der Waals surface area contributed by atoms with E-state index in [0.29, 0.717) is 47.3 Å². The molecule has 0 amide bonds. The number of aliphatic hydroxyl groups is 1. The molecule has 266 valence electrons. The molecule has 0 radical (unpaired) electrons. The number of aliphatic carboxylic acids is 1. The fraction of sp³-hybridized carbons (Fsp3) is 0.974. The standard InChI is InChI=1S/C39H62O8/c1-21(8-12-33(41)42)26-10-11-29-25-20-32(31-19-24(40)13-16-37(31,5)30(25)14-17-36(26,29)4)43-34-23(3)28-9-7-22(2)27-15-18-38(6)45-35(44-34)39(27,28)47-46-38/h21-32,34-35,40H,7-20H2,1-6H3,(H,41,42)/t21-,22-,23-,24-,25?,26-,27?,28?,29?,30?,31?,32+,34?,35?,36-,37-,38?,39-/m1/s1. The lowest BCUT2D eigenvalue weighted by Gasteiger charge is -2.64. The van der Waals surface area contributed by atoms with Crippen LogP contribution in [0.2, 0.25) is 0 Å². The van der Waals surface area contributed by atoms with Crippen molar-refractivity contribution in [3.8, 4) is 0 Å². The number of carboxylic acids is 1. The predicted octanol–water partition coefficient (Wildman–Crippen LogP) is 7.71. The van der Waals surface area contributed by atoms with E-state index in [2.05, 4.69) is 34.6 Å². The maximum Gasteiger partial charge on any atom is 0.303 e. The Labute approximate surface area is 282 Å². The van der Waals surface area contributed by atoms with Gasteiger partial charge in [-0.3, -0.25) is 4.79 Å². The summed E-state index contributed by atoms with van der Waals surface area (Å²) in [6.45, 7) is 14.0. The molecule has 4 heterocycles.